The number of rotatable bonds is 8. The van der Waals surface area contributed by atoms with E-state index in [1.54, 1.807) is 6.26 Å². The molecule has 2 atom stereocenters. The van der Waals surface area contributed by atoms with Crippen molar-refractivity contribution >= 4 is 22.8 Å². The Bertz CT molecular complexity index is 283. The molecule has 0 heterocycles. The molecule has 3 N–H and O–H groups in total. The molecule has 0 spiro atoms. The fraction of sp³-hybridized carbons (Fsp3) is 0.800. The zero-order valence-electron chi connectivity index (χ0n) is 10.2. The lowest BCUT2D eigenvalue weighted by molar-refractivity contribution is -0.139. The van der Waals surface area contributed by atoms with E-state index in [1.165, 1.54) is 0 Å². The van der Waals surface area contributed by atoms with Gasteiger partial charge in [0.25, 0.3) is 0 Å². The zero-order valence-corrected chi connectivity index (χ0v) is 11.0. The quantitative estimate of drug-likeness (QED) is 0.550. The molecule has 0 saturated heterocycles. The number of carbonyl (C=O) groups excluding carboxylic acids is 1. The first-order chi connectivity index (χ1) is 7.97. The van der Waals surface area contributed by atoms with Gasteiger partial charge in [-0.3, -0.25) is 4.21 Å². The predicted molar refractivity (Wildman–Crippen MR) is 66.4 cm³/mol. The lowest BCUT2D eigenvalue weighted by atomic mass is 10.2. The summed E-state index contributed by atoms with van der Waals surface area (Å²) < 4.78 is 10.7. The van der Waals surface area contributed by atoms with Crippen LogP contribution in [0.4, 0.5) is 4.79 Å². The van der Waals surface area contributed by atoms with Gasteiger partial charge in [-0.25, -0.2) is 9.59 Å². The summed E-state index contributed by atoms with van der Waals surface area (Å²) in [7, 11) is -0.867. The van der Waals surface area contributed by atoms with Crippen LogP contribution >= 0.6 is 0 Å². The Morgan fingerprint density at radius 3 is 2.53 bits per heavy atom. The van der Waals surface area contributed by atoms with Crippen molar-refractivity contribution in [3.63, 3.8) is 0 Å². The van der Waals surface area contributed by atoms with Crippen molar-refractivity contribution in [2.24, 2.45) is 0 Å². The van der Waals surface area contributed by atoms with Crippen molar-refractivity contribution in [1.82, 2.24) is 10.6 Å². The maximum absolute atomic E-state index is 11.3. The second-order valence-corrected chi connectivity index (χ2v) is 5.27. The molecule has 2 amide bonds. The standard InChI is InChI=1S/C10H20N2O4S/c1-3-5-8(9(13)14)12-10(15)11-6-4-7-17(2)16/h8H,3-7H2,1-2H3,(H,13,14)(H2,11,12,15). The summed E-state index contributed by atoms with van der Waals surface area (Å²) in [6.45, 7) is 2.25. The molecule has 0 rings (SSSR count). The third kappa shape index (κ3) is 8.67. The minimum atomic E-state index is -1.03. The van der Waals surface area contributed by atoms with Crippen molar-refractivity contribution in [3.8, 4) is 0 Å². The zero-order chi connectivity index (χ0) is 13.3. The van der Waals surface area contributed by atoms with Crippen LogP contribution in [0.5, 0.6) is 0 Å². The van der Waals surface area contributed by atoms with Crippen LogP contribution in [0.3, 0.4) is 0 Å². The highest BCUT2D eigenvalue weighted by Gasteiger charge is 2.18. The van der Waals surface area contributed by atoms with Gasteiger partial charge in [-0.2, -0.15) is 0 Å². The molecule has 0 aromatic rings. The van der Waals surface area contributed by atoms with Gasteiger partial charge >= 0.3 is 12.0 Å². The summed E-state index contributed by atoms with van der Waals surface area (Å²) in [5.41, 5.74) is 0. The molecule has 0 bridgehead atoms. The van der Waals surface area contributed by atoms with Gasteiger partial charge in [0.2, 0.25) is 0 Å². The molecule has 0 saturated carbocycles. The molecule has 0 aromatic heterocycles. The molecule has 7 heteroatoms. The van der Waals surface area contributed by atoms with Gasteiger partial charge in [0.1, 0.15) is 6.04 Å². The van der Waals surface area contributed by atoms with E-state index in [1.807, 2.05) is 6.92 Å². The summed E-state index contributed by atoms with van der Waals surface area (Å²) in [4.78, 5) is 22.1. The number of hydrogen-bond donors (Lipinski definition) is 3. The van der Waals surface area contributed by atoms with Crippen LogP contribution in [0.2, 0.25) is 0 Å². The van der Waals surface area contributed by atoms with Crippen LogP contribution in [0.25, 0.3) is 0 Å². The normalized spacial score (nSPS) is 13.8. The molecule has 0 aliphatic carbocycles. The van der Waals surface area contributed by atoms with Gasteiger partial charge in [0.05, 0.1) is 0 Å². The monoisotopic (exact) mass is 264 g/mol. The maximum Gasteiger partial charge on any atom is 0.326 e. The molecule has 0 radical (unpaired) electrons. The molecule has 100 valence electrons. The smallest absolute Gasteiger partial charge is 0.326 e. The van der Waals surface area contributed by atoms with Crippen molar-refractivity contribution < 1.29 is 18.9 Å². The number of carboxylic acid groups (broad SMARTS) is 1. The first kappa shape index (κ1) is 15.9. The van der Waals surface area contributed by atoms with Gasteiger partial charge in [0, 0.05) is 29.4 Å². The van der Waals surface area contributed by atoms with E-state index in [-0.39, 0.29) is 0 Å². The number of hydrogen-bond acceptors (Lipinski definition) is 3. The Kier molecular flexibility index (Phi) is 8.39. The Balaban J connectivity index is 3.82. The van der Waals surface area contributed by atoms with E-state index in [0.29, 0.717) is 31.6 Å². The van der Waals surface area contributed by atoms with Crippen LogP contribution in [0, 0.1) is 0 Å². The fourth-order valence-corrected chi connectivity index (χ4v) is 1.78. The largest absolute Gasteiger partial charge is 0.480 e. The number of urea groups is 1. The van der Waals surface area contributed by atoms with Crippen molar-refractivity contribution in [3.05, 3.63) is 0 Å². The molecular formula is C10H20N2O4S. The van der Waals surface area contributed by atoms with E-state index in [9.17, 15) is 13.8 Å². The molecule has 0 aliphatic rings. The molecule has 2 unspecified atom stereocenters. The van der Waals surface area contributed by atoms with Crippen LogP contribution in [-0.2, 0) is 15.6 Å². The number of carboxylic acids is 1. The fourth-order valence-electron chi connectivity index (χ4n) is 1.23. The SMILES string of the molecule is CCCC(NC(=O)NCCCS(C)=O)C(=O)O. The minimum absolute atomic E-state index is 0.393. The van der Waals surface area contributed by atoms with Crippen LogP contribution in [0.1, 0.15) is 26.2 Å². The highest BCUT2D eigenvalue weighted by atomic mass is 32.2. The number of nitrogens with one attached hydrogen (secondary N) is 2. The van der Waals surface area contributed by atoms with E-state index in [2.05, 4.69) is 10.6 Å². The molecule has 0 fully saturated rings. The van der Waals surface area contributed by atoms with Gasteiger partial charge < -0.3 is 15.7 Å². The average molecular weight is 264 g/mol. The Morgan fingerprint density at radius 1 is 1.41 bits per heavy atom. The van der Waals surface area contributed by atoms with Gasteiger partial charge in [-0.05, 0) is 12.8 Å². The van der Waals surface area contributed by atoms with E-state index in [0.717, 1.165) is 0 Å². The summed E-state index contributed by atoms with van der Waals surface area (Å²) in [6.07, 6.45) is 3.30. The second-order valence-electron chi connectivity index (χ2n) is 3.71. The molecular weight excluding hydrogens is 244 g/mol. The van der Waals surface area contributed by atoms with Gasteiger partial charge in [-0.1, -0.05) is 13.3 Å². The van der Waals surface area contributed by atoms with Crippen LogP contribution in [0.15, 0.2) is 0 Å². The van der Waals surface area contributed by atoms with Crippen LogP contribution in [-0.4, -0.2) is 45.9 Å². The minimum Gasteiger partial charge on any atom is -0.480 e. The maximum atomic E-state index is 11.3. The van der Waals surface area contributed by atoms with Gasteiger partial charge in [0.15, 0.2) is 0 Å². The number of aliphatic carboxylic acids is 1. The Morgan fingerprint density at radius 2 is 2.06 bits per heavy atom. The highest BCUT2D eigenvalue weighted by Crippen LogP contribution is 1.96. The Labute approximate surface area is 104 Å². The topological polar surface area (TPSA) is 95.5 Å². The third-order valence-electron chi connectivity index (χ3n) is 2.07. The summed E-state index contributed by atoms with van der Waals surface area (Å²) in [5, 5.41) is 13.7. The van der Waals surface area contributed by atoms with E-state index in [4.69, 9.17) is 5.11 Å². The first-order valence-electron chi connectivity index (χ1n) is 5.54. The molecule has 0 aliphatic heterocycles. The third-order valence-corrected chi connectivity index (χ3v) is 2.94. The number of amides is 2. The lowest BCUT2D eigenvalue weighted by Crippen LogP contribution is -2.46. The summed E-state index contributed by atoms with van der Waals surface area (Å²) >= 11 is 0. The van der Waals surface area contributed by atoms with Crippen molar-refractivity contribution in [2.45, 2.75) is 32.2 Å². The summed E-state index contributed by atoms with van der Waals surface area (Å²) in [6, 6.07) is -1.34. The van der Waals surface area contributed by atoms with Crippen molar-refractivity contribution in [1.29, 1.82) is 0 Å². The molecule has 6 nitrogen and oxygen atoms in total. The summed E-state index contributed by atoms with van der Waals surface area (Å²) in [5.74, 6) is -0.505. The van der Waals surface area contributed by atoms with E-state index < -0.39 is 28.8 Å². The van der Waals surface area contributed by atoms with E-state index >= 15 is 0 Å². The highest BCUT2D eigenvalue weighted by molar-refractivity contribution is 7.84. The van der Waals surface area contributed by atoms with Crippen molar-refractivity contribution in [2.75, 3.05) is 18.6 Å². The number of carbonyl (C=O) groups is 2. The van der Waals surface area contributed by atoms with Crippen LogP contribution < -0.4 is 10.6 Å². The predicted octanol–water partition coefficient (Wildman–Crippen LogP) is 0.308. The molecule has 0 aromatic carbocycles. The Hall–Kier alpha value is -1.11. The van der Waals surface area contributed by atoms with Gasteiger partial charge in [-0.15, -0.1) is 0 Å². The molecule has 17 heavy (non-hydrogen) atoms. The first-order valence-corrected chi connectivity index (χ1v) is 7.27. The average Bonchev–Trinajstić information content (AvgIpc) is 2.23. The second kappa shape index (κ2) is 8.98. The lowest BCUT2D eigenvalue weighted by Gasteiger charge is -2.14.